The number of carbonyl (C=O) groups is 1. The Hall–Kier alpha value is -2.04. The number of carbonyl (C=O) groups excluding carboxylic acids is 1. The lowest BCUT2D eigenvalue weighted by Gasteiger charge is -2.32. The third-order valence-corrected chi connectivity index (χ3v) is 5.63. The van der Waals surface area contributed by atoms with Crippen molar-refractivity contribution in [3.63, 3.8) is 0 Å². The highest BCUT2D eigenvalue weighted by Gasteiger charge is 2.20. The van der Waals surface area contributed by atoms with Crippen molar-refractivity contribution in [1.29, 1.82) is 0 Å². The van der Waals surface area contributed by atoms with Gasteiger partial charge in [-0.25, -0.2) is 0 Å². The number of ether oxygens (including phenoxy) is 1. The Balaban J connectivity index is 0.00000363. The first-order valence-corrected chi connectivity index (χ1v) is 10.8. The third-order valence-electron chi connectivity index (χ3n) is 5.32. The van der Waals surface area contributed by atoms with Crippen molar-refractivity contribution in [3.8, 4) is 5.75 Å². The van der Waals surface area contributed by atoms with Gasteiger partial charge < -0.3 is 21.1 Å². The lowest BCUT2D eigenvalue weighted by atomic mass is 10.1. The van der Waals surface area contributed by atoms with Crippen LogP contribution in [0.1, 0.15) is 24.0 Å². The molecule has 0 spiro atoms. The van der Waals surface area contributed by atoms with Crippen molar-refractivity contribution in [3.05, 3.63) is 64.7 Å². The maximum Gasteiger partial charge on any atom is 0.231 e. The zero-order chi connectivity index (χ0) is 22.1. The number of nitrogens with two attached hydrogens (primary N) is 1. The van der Waals surface area contributed by atoms with Gasteiger partial charge in [0.1, 0.15) is 12.4 Å². The van der Waals surface area contributed by atoms with Crippen molar-refractivity contribution in [2.45, 2.75) is 32.0 Å². The van der Waals surface area contributed by atoms with Crippen LogP contribution in [0.4, 0.5) is 0 Å². The summed E-state index contributed by atoms with van der Waals surface area (Å²) in [5.74, 6) is 1.16. The summed E-state index contributed by atoms with van der Waals surface area (Å²) in [6, 6.07) is 15.9. The molecule has 1 aliphatic heterocycles. The molecule has 1 aliphatic rings. The van der Waals surface area contributed by atoms with Crippen LogP contribution in [0.5, 0.6) is 5.75 Å². The monoisotopic (exact) mass is 571 g/mol. The fourth-order valence-electron chi connectivity index (χ4n) is 3.61. The number of likely N-dealkylation sites (tertiary alicyclic amines) is 1. The van der Waals surface area contributed by atoms with Gasteiger partial charge in [0.2, 0.25) is 5.91 Å². The molecule has 32 heavy (non-hydrogen) atoms. The molecular formula is C23H31ClIN5O2. The summed E-state index contributed by atoms with van der Waals surface area (Å²) in [5.41, 5.74) is 7.51. The van der Waals surface area contributed by atoms with Crippen LogP contribution >= 0.6 is 35.6 Å². The molecule has 1 fully saturated rings. The molecule has 0 aromatic heterocycles. The molecule has 0 bridgehead atoms. The summed E-state index contributed by atoms with van der Waals surface area (Å²) < 4.78 is 5.91. The molecule has 1 heterocycles. The molecular weight excluding hydrogens is 541 g/mol. The van der Waals surface area contributed by atoms with Crippen LogP contribution in [0.3, 0.4) is 0 Å². The molecule has 4 N–H and O–H groups in total. The Morgan fingerprint density at radius 1 is 1.16 bits per heavy atom. The Labute approximate surface area is 211 Å². The number of rotatable bonds is 8. The number of nitrogens with zero attached hydrogens (tertiary/aromatic N) is 2. The van der Waals surface area contributed by atoms with Crippen LogP contribution in [0.2, 0.25) is 5.02 Å². The first-order chi connectivity index (χ1) is 15.0. The Kier molecular flexibility index (Phi) is 11.1. The van der Waals surface area contributed by atoms with Gasteiger partial charge in [-0.05, 0) is 36.1 Å². The number of hydrogen-bond acceptors (Lipinski definition) is 4. The van der Waals surface area contributed by atoms with E-state index in [1.807, 2.05) is 36.4 Å². The van der Waals surface area contributed by atoms with E-state index >= 15 is 0 Å². The van der Waals surface area contributed by atoms with Crippen LogP contribution in [0, 0.1) is 0 Å². The van der Waals surface area contributed by atoms with Crippen molar-refractivity contribution in [1.82, 2.24) is 15.5 Å². The van der Waals surface area contributed by atoms with E-state index in [-0.39, 0.29) is 29.9 Å². The lowest BCUT2D eigenvalue weighted by Crippen LogP contribution is -2.49. The second kappa shape index (κ2) is 13.5. The Morgan fingerprint density at radius 2 is 1.81 bits per heavy atom. The van der Waals surface area contributed by atoms with Gasteiger partial charge in [0.15, 0.2) is 5.96 Å². The average Bonchev–Trinajstić information content (AvgIpc) is 2.77. The van der Waals surface area contributed by atoms with Crippen molar-refractivity contribution < 1.29 is 9.53 Å². The second-order valence-corrected chi connectivity index (χ2v) is 7.98. The topological polar surface area (TPSA) is 92.0 Å². The van der Waals surface area contributed by atoms with E-state index in [4.69, 9.17) is 22.1 Å². The zero-order valence-corrected chi connectivity index (χ0v) is 21.3. The third kappa shape index (κ3) is 8.14. The number of guanidine groups is 1. The number of para-hydroxylation sites is 1. The zero-order valence-electron chi connectivity index (χ0n) is 18.2. The van der Waals surface area contributed by atoms with Gasteiger partial charge in [-0.3, -0.25) is 14.7 Å². The number of halogens is 2. The molecule has 7 nitrogen and oxygen atoms in total. The molecule has 1 amide bonds. The van der Waals surface area contributed by atoms with Crippen LogP contribution in [0.15, 0.2) is 53.5 Å². The number of nitrogens with one attached hydrogen (secondary N) is 2. The first kappa shape index (κ1) is 26.2. The predicted octanol–water partition coefficient (Wildman–Crippen LogP) is 3.15. The largest absolute Gasteiger partial charge is 0.487 e. The van der Waals surface area contributed by atoms with Gasteiger partial charge in [-0.2, -0.15) is 0 Å². The number of benzene rings is 2. The molecule has 0 unspecified atom stereocenters. The average molecular weight is 572 g/mol. The number of piperidine rings is 1. The summed E-state index contributed by atoms with van der Waals surface area (Å²) in [7, 11) is 1.77. The van der Waals surface area contributed by atoms with Gasteiger partial charge in [-0.15, -0.1) is 24.0 Å². The van der Waals surface area contributed by atoms with E-state index in [1.165, 1.54) is 0 Å². The van der Waals surface area contributed by atoms with Gasteiger partial charge in [-0.1, -0.05) is 48.0 Å². The second-order valence-electron chi connectivity index (χ2n) is 7.57. The minimum atomic E-state index is -0.277. The number of amides is 1. The van der Waals surface area contributed by atoms with Crippen LogP contribution in [0.25, 0.3) is 0 Å². The van der Waals surface area contributed by atoms with Crippen molar-refractivity contribution in [2.75, 3.05) is 26.7 Å². The fourth-order valence-corrected chi connectivity index (χ4v) is 3.80. The maximum absolute atomic E-state index is 11.1. The summed E-state index contributed by atoms with van der Waals surface area (Å²) in [6.07, 6.45) is 1.88. The quantitative estimate of drug-likeness (QED) is 0.257. The fraction of sp³-hybridized carbons (Fsp3) is 0.391. The van der Waals surface area contributed by atoms with Gasteiger partial charge in [0.05, 0.1) is 11.6 Å². The minimum absolute atomic E-state index is 0. The van der Waals surface area contributed by atoms with Crippen LogP contribution < -0.4 is 21.1 Å². The van der Waals surface area contributed by atoms with Crippen molar-refractivity contribution in [2.24, 2.45) is 10.7 Å². The molecule has 2 aromatic rings. The summed E-state index contributed by atoms with van der Waals surface area (Å²) >= 11 is 6.19. The highest BCUT2D eigenvalue weighted by atomic mass is 127. The van der Waals surface area contributed by atoms with Crippen LogP contribution in [-0.2, 0) is 17.9 Å². The van der Waals surface area contributed by atoms with E-state index in [1.54, 1.807) is 7.05 Å². The highest BCUT2D eigenvalue weighted by Crippen LogP contribution is 2.24. The molecule has 174 valence electrons. The summed E-state index contributed by atoms with van der Waals surface area (Å²) in [5, 5.41) is 7.48. The molecule has 0 saturated carbocycles. The smallest absolute Gasteiger partial charge is 0.231 e. The molecule has 1 saturated heterocycles. The van der Waals surface area contributed by atoms with E-state index in [2.05, 4.69) is 32.7 Å². The number of hydrogen-bond donors (Lipinski definition) is 3. The molecule has 9 heteroatoms. The molecule has 0 aliphatic carbocycles. The van der Waals surface area contributed by atoms with Gasteiger partial charge in [0, 0.05) is 32.7 Å². The Morgan fingerprint density at radius 3 is 2.47 bits per heavy atom. The molecule has 0 atom stereocenters. The maximum atomic E-state index is 11.1. The first-order valence-electron chi connectivity index (χ1n) is 10.5. The van der Waals surface area contributed by atoms with Crippen LogP contribution in [-0.4, -0.2) is 49.5 Å². The summed E-state index contributed by atoms with van der Waals surface area (Å²) in [4.78, 5) is 17.5. The number of aliphatic imine (C=N–C) groups is 1. The highest BCUT2D eigenvalue weighted by molar-refractivity contribution is 14.0. The lowest BCUT2D eigenvalue weighted by molar-refractivity contribution is -0.119. The predicted molar refractivity (Wildman–Crippen MR) is 140 cm³/mol. The van der Waals surface area contributed by atoms with E-state index in [0.717, 1.165) is 43.0 Å². The van der Waals surface area contributed by atoms with E-state index < -0.39 is 0 Å². The number of primary amides is 1. The summed E-state index contributed by atoms with van der Waals surface area (Å²) in [6.45, 7) is 3.08. The standard InChI is InChI=1S/C23H30ClN5O2.HI/c1-26-23(28-19-10-12-29(13-11-19)15-22(25)30)27-14-17-6-2-3-7-18(17)16-31-21-9-5-4-8-20(21)24;/h2-9,19H,10-16H2,1H3,(H2,25,30)(H2,26,27,28);1H. The van der Waals surface area contributed by atoms with Gasteiger partial charge >= 0.3 is 0 Å². The molecule has 2 aromatic carbocycles. The van der Waals surface area contributed by atoms with Gasteiger partial charge in [0.25, 0.3) is 0 Å². The molecule has 0 radical (unpaired) electrons. The molecule has 3 rings (SSSR count). The normalized spacial score (nSPS) is 15.0. The minimum Gasteiger partial charge on any atom is -0.487 e. The Bertz CT molecular complexity index is 903. The van der Waals surface area contributed by atoms with Crippen molar-refractivity contribution >= 4 is 47.4 Å². The van der Waals surface area contributed by atoms with E-state index in [9.17, 15) is 4.79 Å². The van der Waals surface area contributed by atoms with E-state index in [0.29, 0.717) is 36.5 Å². The SMILES string of the molecule is CN=C(NCc1ccccc1COc1ccccc1Cl)NC1CCN(CC(N)=O)CC1.I.